The molecule has 1 aromatic carbocycles. The van der Waals surface area contributed by atoms with Crippen molar-refractivity contribution < 1.29 is 4.79 Å². The molecule has 2 aromatic rings. The molecule has 1 fully saturated rings. The Bertz CT molecular complexity index is 514. The lowest BCUT2D eigenvalue weighted by Gasteiger charge is -2.37. The topological polar surface area (TPSA) is 42.0 Å². The van der Waals surface area contributed by atoms with Crippen LogP contribution in [0.3, 0.4) is 0 Å². The highest BCUT2D eigenvalue weighted by Gasteiger charge is 2.38. The molecule has 3 rings (SSSR count). The molecule has 1 aromatic heterocycles. The standard InChI is InChI=1S/C16H16N2O/c19-15-9-10-16(12-18-15,13-6-2-1-3-7-13)14-8-4-5-11-17-14/h1-8,11H,9-10,12H2,(H,18,19)/t16-/m0/s1. The first kappa shape index (κ1) is 11.9. The van der Waals surface area contributed by atoms with Gasteiger partial charge in [0, 0.05) is 19.2 Å². The van der Waals surface area contributed by atoms with Gasteiger partial charge in [-0.1, -0.05) is 36.4 Å². The van der Waals surface area contributed by atoms with Crippen molar-refractivity contribution >= 4 is 5.91 Å². The van der Waals surface area contributed by atoms with Crippen molar-refractivity contribution in [3.8, 4) is 0 Å². The summed E-state index contributed by atoms with van der Waals surface area (Å²) in [5.41, 5.74) is 2.05. The van der Waals surface area contributed by atoms with Crippen molar-refractivity contribution in [1.82, 2.24) is 10.3 Å². The number of aromatic nitrogens is 1. The number of hydrogen-bond acceptors (Lipinski definition) is 2. The summed E-state index contributed by atoms with van der Waals surface area (Å²) in [7, 11) is 0. The zero-order valence-corrected chi connectivity index (χ0v) is 10.7. The van der Waals surface area contributed by atoms with Gasteiger partial charge in [-0.05, 0) is 24.1 Å². The first-order valence-electron chi connectivity index (χ1n) is 6.55. The molecule has 1 amide bonds. The summed E-state index contributed by atoms with van der Waals surface area (Å²) in [5, 5.41) is 2.99. The highest BCUT2D eigenvalue weighted by Crippen LogP contribution is 2.36. The van der Waals surface area contributed by atoms with E-state index in [1.807, 2.05) is 42.6 Å². The maximum absolute atomic E-state index is 11.5. The Kier molecular flexibility index (Phi) is 3.03. The zero-order chi connectivity index (χ0) is 13.1. The molecule has 0 unspecified atom stereocenters. The van der Waals surface area contributed by atoms with E-state index >= 15 is 0 Å². The minimum Gasteiger partial charge on any atom is -0.355 e. The van der Waals surface area contributed by atoms with Gasteiger partial charge in [-0.2, -0.15) is 0 Å². The van der Waals surface area contributed by atoms with Gasteiger partial charge >= 0.3 is 0 Å². The number of rotatable bonds is 2. The van der Waals surface area contributed by atoms with Gasteiger partial charge in [-0.25, -0.2) is 0 Å². The molecule has 1 atom stereocenters. The summed E-state index contributed by atoms with van der Waals surface area (Å²) < 4.78 is 0. The fourth-order valence-corrected chi connectivity index (χ4v) is 2.77. The first-order chi connectivity index (χ1) is 9.31. The lowest BCUT2D eigenvalue weighted by molar-refractivity contribution is -0.123. The van der Waals surface area contributed by atoms with Gasteiger partial charge in [-0.3, -0.25) is 9.78 Å². The third-order valence-electron chi connectivity index (χ3n) is 3.85. The second-order valence-corrected chi connectivity index (χ2v) is 4.94. The predicted octanol–water partition coefficient (Wildman–Crippen LogP) is 2.28. The van der Waals surface area contributed by atoms with Crippen LogP contribution in [0.15, 0.2) is 54.7 Å². The summed E-state index contributed by atoms with van der Waals surface area (Å²) in [6.07, 6.45) is 3.17. The van der Waals surface area contributed by atoms with E-state index in [0.717, 1.165) is 12.1 Å². The normalized spacial score (nSPS) is 22.8. The summed E-state index contributed by atoms with van der Waals surface area (Å²) >= 11 is 0. The average molecular weight is 252 g/mol. The van der Waals surface area contributed by atoms with Gasteiger partial charge in [-0.15, -0.1) is 0 Å². The molecule has 19 heavy (non-hydrogen) atoms. The second kappa shape index (κ2) is 4.84. The van der Waals surface area contributed by atoms with Crippen LogP contribution in [-0.4, -0.2) is 17.4 Å². The van der Waals surface area contributed by atoms with Crippen LogP contribution in [0, 0.1) is 0 Å². The van der Waals surface area contributed by atoms with Gasteiger partial charge < -0.3 is 5.32 Å². The molecule has 1 aliphatic rings. The largest absolute Gasteiger partial charge is 0.355 e. The van der Waals surface area contributed by atoms with Crippen molar-refractivity contribution in [2.45, 2.75) is 18.3 Å². The fraction of sp³-hybridized carbons (Fsp3) is 0.250. The molecule has 1 saturated heterocycles. The van der Waals surface area contributed by atoms with Gasteiger partial charge in [0.05, 0.1) is 11.1 Å². The van der Waals surface area contributed by atoms with E-state index in [0.29, 0.717) is 13.0 Å². The lowest BCUT2D eigenvalue weighted by atomic mass is 9.72. The number of pyridine rings is 1. The van der Waals surface area contributed by atoms with Crippen LogP contribution in [0.2, 0.25) is 0 Å². The van der Waals surface area contributed by atoms with E-state index in [4.69, 9.17) is 0 Å². The van der Waals surface area contributed by atoms with Gasteiger partial charge in [0.1, 0.15) is 0 Å². The molecule has 0 radical (unpaired) electrons. The molecule has 3 heteroatoms. The number of nitrogens with zero attached hydrogens (tertiary/aromatic N) is 1. The molecule has 0 aliphatic carbocycles. The monoisotopic (exact) mass is 252 g/mol. The number of nitrogens with one attached hydrogen (secondary N) is 1. The molecule has 0 spiro atoms. The van der Waals surface area contributed by atoms with Crippen LogP contribution >= 0.6 is 0 Å². The smallest absolute Gasteiger partial charge is 0.220 e. The molecule has 1 aliphatic heterocycles. The Hall–Kier alpha value is -2.16. The van der Waals surface area contributed by atoms with Crippen molar-refractivity contribution in [2.24, 2.45) is 0 Å². The maximum Gasteiger partial charge on any atom is 0.220 e. The third kappa shape index (κ3) is 2.12. The first-order valence-corrected chi connectivity index (χ1v) is 6.55. The maximum atomic E-state index is 11.5. The van der Waals surface area contributed by atoms with E-state index in [2.05, 4.69) is 22.4 Å². The molecule has 2 heterocycles. The molecule has 96 valence electrons. The summed E-state index contributed by atoms with van der Waals surface area (Å²) in [4.78, 5) is 16.0. The summed E-state index contributed by atoms with van der Waals surface area (Å²) in [5.74, 6) is 0.127. The Morgan fingerprint density at radius 1 is 1.05 bits per heavy atom. The van der Waals surface area contributed by atoms with E-state index in [9.17, 15) is 4.79 Å². The van der Waals surface area contributed by atoms with E-state index in [1.165, 1.54) is 5.56 Å². The minimum absolute atomic E-state index is 0.127. The molecular weight excluding hydrogens is 236 g/mol. The second-order valence-electron chi connectivity index (χ2n) is 4.94. The van der Waals surface area contributed by atoms with Gasteiger partial charge in [0.25, 0.3) is 0 Å². The fourth-order valence-electron chi connectivity index (χ4n) is 2.77. The number of amides is 1. The lowest BCUT2D eigenvalue weighted by Crippen LogP contribution is -2.47. The van der Waals surface area contributed by atoms with Crippen LogP contribution < -0.4 is 5.32 Å². The highest BCUT2D eigenvalue weighted by molar-refractivity contribution is 5.77. The van der Waals surface area contributed by atoms with Crippen LogP contribution in [-0.2, 0) is 10.2 Å². The number of piperidine rings is 1. The summed E-state index contributed by atoms with van der Waals surface area (Å²) in [6.45, 7) is 0.618. The molecule has 0 saturated carbocycles. The van der Waals surface area contributed by atoms with Crippen molar-refractivity contribution in [3.63, 3.8) is 0 Å². The zero-order valence-electron chi connectivity index (χ0n) is 10.7. The number of carbonyl (C=O) groups is 1. The SMILES string of the molecule is O=C1CC[C@](c2ccccc2)(c2ccccn2)CN1. The van der Waals surface area contributed by atoms with Gasteiger partial charge in [0.15, 0.2) is 0 Å². The van der Waals surface area contributed by atoms with Gasteiger partial charge in [0.2, 0.25) is 5.91 Å². The predicted molar refractivity (Wildman–Crippen MR) is 73.7 cm³/mol. The number of benzene rings is 1. The van der Waals surface area contributed by atoms with E-state index in [1.54, 1.807) is 0 Å². The molecule has 0 bridgehead atoms. The van der Waals surface area contributed by atoms with Crippen LogP contribution in [0.4, 0.5) is 0 Å². The Labute approximate surface area is 112 Å². The number of hydrogen-bond donors (Lipinski definition) is 1. The molecule has 3 nitrogen and oxygen atoms in total. The van der Waals surface area contributed by atoms with Crippen molar-refractivity contribution in [1.29, 1.82) is 0 Å². The Morgan fingerprint density at radius 3 is 2.47 bits per heavy atom. The third-order valence-corrected chi connectivity index (χ3v) is 3.85. The van der Waals surface area contributed by atoms with Crippen LogP contribution in [0.5, 0.6) is 0 Å². The number of carbonyl (C=O) groups excluding carboxylic acids is 1. The van der Waals surface area contributed by atoms with Crippen LogP contribution in [0.1, 0.15) is 24.1 Å². The van der Waals surface area contributed by atoms with Crippen LogP contribution in [0.25, 0.3) is 0 Å². The van der Waals surface area contributed by atoms with Crippen molar-refractivity contribution in [2.75, 3.05) is 6.54 Å². The quantitative estimate of drug-likeness (QED) is 0.891. The molecular formula is C16H16N2O. The minimum atomic E-state index is -0.198. The Balaban J connectivity index is 2.09. The highest BCUT2D eigenvalue weighted by atomic mass is 16.1. The Morgan fingerprint density at radius 2 is 1.84 bits per heavy atom. The van der Waals surface area contributed by atoms with Crippen molar-refractivity contribution in [3.05, 3.63) is 66.0 Å². The summed E-state index contributed by atoms with van der Waals surface area (Å²) in [6, 6.07) is 16.3. The molecule has 1 N–H and O–H groups in total. The average Bonchev–Trinajstić information content (AvgIpc) is 2.50. The van der Waals surface area contributed by atoms with E-state index in [-0.39, 0.29) is 11.3 Å². The van der Waals surface area contributed by atoms with E-state index < -0.39 is 0 Å².